The van der Waals surface area contributed by atoms with Gasteiger partial charge in [-0.3, -0.25) is 4.79 Å². The van der Waals surface area contributed by atoms with Gasteiger partial charge in [0.2, 0.25) is 11.5 Å². The smallest absolute Gasteiger partial charge is 0.372 e. The summed E-state index contributed by atoms with van der Waals surface area (Å²) in [5, 5.41) is 13.6. The van der Waals surface area contributed by atoms with Gasteiger partial charge in [0.25, 0.3) is 0 Å². The van der Waals surface area contributed by atoms with Crippen LogP contribution in [-0.4, -0.2) is 31.4 Å². The molecule has 1 aliphatic rings. The molecule has 0 bridgehead atoms. The van der Waals surface area contributed by atoms with Gasteiger partial charge in [-0.1, -0.05) is 48.5 Å². The van der Waals surface area contributed by atoms with Crippen LogP contribution in [0.2, 0.25) is 0 Å². The molecule has 0 spiro atoms. The fourth-order valence-corrected chi connectivity index (χ4v) is 5.71. The highest BCUT2D eigenvalue weighted by molar-refractivity contribution is 7.91. The predicted octanol–water partition coefficient (Wildman–Crippen LogP) is 5.29. The van der Waals surface area contributed by atoms with Crippen molar-refractivity contribution >= 4 is 21.4 Å². The average molecular weight is 504 g/mol. The molecular formula is C26H24F3NO4S. The number of rotatable bonds is 7. The van der Waals surface area contributed by atoms with E-state index in [4.69, 9.17) is 0 Å². The van der Waals surface area contributed by atoms with Crippen LogP contribution in [0.3, 0.4) is 0 Å². The largest absolute Gasteiger partial charge is 0.425 e. The second-order valence-corrected chi connectivity index (χ2v) is 10.8. The van der Waals surface area contributed by atoms with Crippen LogP contribution in [0, 0.1) is 5.92 Å². The van der Waals surface area contributed by atoms with Crippen molar-refractivity contribution < 1.29 is 31.5 Å². The third-order valence-electron chi connectivity index (χ3n) is 6.03. The Bertz CT molecular complexity index is 1340. The molecule has 1 atom stereocenters. The van der Waals surface area contributed by atoms with Crippen molar-refractivity contribution in [2.45, 2.75) is 36.4 Å². The summed E-state index contributed by atoms with van der Waals surface area (Å²) in [5.74, 6) is -0.202. The van der Waals surface area contributed by atoms with Crippen LogP contribution in [-0.2, 0) is 20.2 Å². The number of hydrogen-bond donors (Lipinski definition) is 2. The van der Waals surface area contributed by atoms with Gasteiger partial charge in [0.1, 0.15) is 0 Å². The van der Waals surface area contributed by atoms with Crippen molar-refractivity contribution in [3.63, 3.8) is 0 Å². The number of benzene rings is 3. The number of carbonyl (C=O) groups excluding carboxylic acids is 1. The second kappa shape index (κ2) is 9.13. The molecule has 1 saturated carbocycles. The van der Waals surface area contributed by atoms with E-state index in [0.29, 0.717) is 5.56 Å². The first-order chi connectivity index (χ1) is 16.4. The van der Waals surface area contributed by atoms with Gasteiger partial charge in [0.05, 0.1) is 10.6 Å². The van der Waals surface area contributed by atoms with Crippen molar-refractivity contribution in [1.82, 2.24) is 0 Å². The second-order valence-electron chi connectivity index (χ2n) is 8.76. The van der Waals surface area contributed by atoms with Crippen molar-refractivity contribution in [2.24, 2.45) is 5.92 Å². The van der Waals surface area contributed by atoms with E-state index in [0.717, 1.165) is 18.9 Å². The lowest BCUT2D eigenvalue weighted by atomic mass is 9.84. The molecule has 0 aliphatic heterocycles. The highest BCUT2D eigenvalue weighted by atomic mass is 32.2. The number of sulfone groups is 1. The molecule has 0 saturated heterocycles. The van der Waals surface area contributed by atoms with Crippen molar-refractivity contribution in [3.8, 4) is 11.1 Å². The summed E-state index contributed by atoms with van der Waals surface area (Å²) in [7, 11) is -3.47. The van der Waals surface area contributed by atoms with Gasteiger partial charge in [0, 0.05) is 18.2 Å². The lowest BCUT2D eigenvalue weighted by molar-refractivity contribution is -0.248. The molecule has 4 rings (SSSR count). The summed E-state index contributed by atoms with van der Waals surface area (Å²) in [6, 6.07) is 16.1. The van der Waals surface area contributed by atoms with E-state index < -0.39 is 33.1 Å². The van der Waals surface area contributed by atoms with Gasteiger partial charge >= 0.3 is 6.18 Å². The number of halogens is 3. The highest BCUT2D eigenvalue weighted by Crippen LogP contribution is 2.46. The van der Waals surface area contributed by atoms with E-state index in [9.17, 15) is 31.5 Å². The van der Waals surface area contributed by atoms with Crippen molar-refractivity contribution in [2.75, 3.05) is 11.1 Å². The van der Waals surface area contributed by atoms with Crippen LogP contribution in [0.5, 0.6) is 0 Å². The molecule has 3 aromatic rings. The van der Waals surface area contributed by atoms with Crippen LogP contribution in [0.25, 0.3) is 11.1 Å². The van der Waals surface area contributed by atoms with E-state index >= 15 is 0 Å². The van der Waals surface area contributed by atoms with E-state index in [1.54, 1.807) is 6.07 Å². The monoisotopic (exact) mass is 503 g/mol. The molecule has 0 aromatic heterocycles. The van der Waals surface area contributed by atoms with Crippen LogP contribution in [0.4, 0.5) is 18.9 Å². The molecule has 3 aromatic carbocycles. The molecule has 1 unspecified atom stereocenters. The molecule has 5 nitrogen and oxygen atoms in total. The Morgan fingerprint density at radius 2 is 1.60 bits per heavy atom. The van der Waals surface area contributed by atoms with Gasteiger partial charge < -0.3 is 10.4 Å². The zero-order valence-electron chi connectivity index (χ0n) is 18.8. The van der Waals surface area contributed by atoms with Gasteiger partial charge in [-0.25, -0.2) is 8.42 Å². The number of carbonyl (C=O) groups is 1. The van der Waals surface area contributed by atoms with E-state index in [-0.39, 0.29) is 33.4 Å². The Labute approximate surface area is 201 Å². The number of nitrogens with one attached hydrogen (secondary N) is 1. The average Bonchev–Trinajstić information content (AvgIpc) is 3.62. The number of aliphatic hydroxyl groups is 1. The minimum Gasteiger partial charge on any atom is -0.372 e. The molecular weight excluding hydrogens is 479 g/mol. The summed E-state index contributed by atoms with van der Waals surface area (Å²) >= 11 is 0. The molecule has 1 aliphatic carbocycles. The minimum absolute atomic E-state index is 0.0642. The van der Waals surface area contributed by atoms with Gasteiger partial charge in [-0.15, -0.1) is 0 Å². The van der Waals surface area contributed by atoms with E-state index in [1.165, 1.54) is 67.6 Å². The summed E-state index contributed by atoms with van der Waals surface area (Å²) in [6.45, 7) is 1.27. The number of amides is 1. The van der Waals surface area contributed by atoms with Gasteiger partial charge in [-0.05, 0) is 59.7 Å². The van der Waals surface area contributed by atoms with Gasteiger partial charge in [-0.2, -0.15) is 13.2 Å². The Hall–Kier alpha value is -3.17. The first-order valence-corrected chi connectivity index (χ1v) is 12.7. The third-order valence-corrected chi connectivity index (χ3v) is 7.93. The Morgan fingerprint density at radius 3 is 2.14 bits per heavy atom. The molecule has 35 heavy (non-hydrogen) atoms. The maximum atomic E-state index is 14.2. The first-order valence-electron chi connectivity index (χ1n) is 11.0. The molecule has 184 valence electrons. The quantitative estimate of drug-likeness (QED) is 0.459. The van der Waals surface area contributed by atoms with Crippen molar-refractivity contribution in [1.29, 1.82) is 0 Å². The molecule has 0 heterocycles. The zero-order valence-corrected chi connectivity index (χ0v) is 19.7. The molecule has 1 amide bonds. The Kier molecular flexibility index (Phi) is 6.50. The zero-order chi connectivity index (χ0) is 25.4. The van der Waals surface area contributed by atoms with Crippen molar-refractivity contribution in [3.05, 3.63) is 83.9 Å². The first kappa shape index (κ1) is 24.9. The molecule has 2 N–H and O–H groups in total. The van der Waals surface area contributed by atoms with Gasteiger partial charge in [0.15, 0.2) is 9.84 Å². The molecule has 0 radical (unpaired) electrons. The van der Waals surface area contributed by atoms with E-state index in [1.807, 2.05) is 0 Å². The number of hydrogen-bond acceptors (Lipinski definition) is 4. The maximum Gasteiger partial charge on any atom is 0.425 e. The normalized spacial score (nSPS) is 15.9. The lowest BCUT2D eigenvalue weighted by Gasteiger charge is -2.32. The minimum atomic E-state index is -5.04. The Balaban J connectivity index is 1.82. The number of alkyl halides is 3. The fraction of sp³-hybridized carbons (Fsp3) is 0.269. The fourth-order valence-electron chi connectivity index (χ4n) is 4.01. The third kappa shape index (κ3) is 5.11. The van der Waals surface area contributed by atoms with Crippen LogP contribution in [0.1, 0.15) is 30.9 Å². The Morgan fingerprint density at radius 1 is 0.971 bits per heavy atom. The molecule has 9 heteroatoms. The summed E-state index contributed by atoms with van der Waals surface area (Å²) in [4.78, 5) is 11.9. The summed E-state index contributed by atoms with van der Waals surface area (Å²) in [6.07, 6.45) is -3.27. The predicted molar refractivity (Wildman–Crippen MR) is 126 cm³/mol. The SMILES string of the molecule is CC(=O)Nc1ccc(C(O)(c2ccccc2)C(F)(F)F)cc1-c1ccc(S(=O)(=O)CC2CC2)cc1. The topological polar surface area (TPSA) is 83.5 Å². The maximum absolute atomic E-state index is 14.2. The highest BCUT2D eigenvalue weighted by Gasteiger charge is 2.56. The lowest BCUT2D eigenvalue weighted by Crippen LogP contribution is -2.43. The summed E-state index contributed by atoms with van der Waals surface area (Å²) < 4.78 is 67.8. The van der Waals surface area contributed by atoms with Crippen LogP contribution >= 0.6 is 0 Å². The molecule has 1 fully saturated rings. The van der Waals surface area contributed by atoms with E-state index in [2.05, 4.69) is 5.32 Å². The number of anilines is 1. The summed E-state index contributed by atoms with van der Waals surface area (Å²) in [5.41, 5.74) is -3.27. The van der Waals surface area contributed by atoms with Crippen LogP contribution < -0.4 is 5.32 Å². The standard InChI is InChI=1S/C26H24F3NO4S/c1-17(31)30-24-14-11-21(25(32,26(27,28)29)20-5-3-2-4-6-20)15-23(24)19-9-12-22(13-10-19)35(33,34)16-18-7-8-18/h2-6,9-15,18,32H,7-8,16H2,1H3,(H,30,31). The van der Waals surface area contributed by atoms with Crippen LogP contribution in [0.15, 0.2) is 77.7 Å².